The van der Waals surface area contributed by atoms with Crippen LogP contribution in [0, 0.1) is 5.92 Å². The minimum absolute atomic E-state index is 0.194. The van der Waals surface area contributed by atoms with E-state index in [1.807, 2.05) is 0 Å². The summed E-state index contributed by atoms with van der Waals surface area (Å²) in [5.74, 6) is -0.643. The Kier molecular flexibility index (Phi) is 3.57. The van der Waals surface area contributed by atoms with Gasteiger partial charge < -0.3 is 14.8 Å². The Balaban J connectivity index is 2.56. The highest BCUT2D eigenvalue weighted by molar-refractivity contribution is 5.83. The number of amides is 1. The number of carbonyl (C=O) groups is 2. The van der Waals surface area contributed by atoms with Crippen LogP contribution in [0.1, 0.15) is 20.8 Å². The maximum Gasteiger partial charge on any atom is 0.408 e. The summed E-state index contributed by atoms with van der Waals surface area (Å²) in [7, 11) is 0. The molecule has 0 aromatic heterocycles. The predicted molar refractivity (Wildman–Crippen MR) is 57.8 cm³/mol. The highest BCUT2D eigenvalue weighted by atomic mass is 16.6. The van der Waals surface area contributed by atoms with E-state index in [0.717, 1.165) is 0 Å². The van der Waals surface area contributed by atoms with Gasteiger partial charge in [0.2, 0.25) is 0 Å². The first-order chi connectivity index (χ1) is 7.33. The summed E-state index contributed by atoms with van der Waals surface area (Å²) in [5, 5.41) is 2.48. The number of nitrogens with one attached hydrogen (secondary N) is 1. The molecule has 1 rings (SSSR count). The van der Waals surface area contributed by atoms with E-state index >= 15 is 0 Å². The highest BCUT2D eigenvalue weighted by Crippen LogP contribution is 2.16. The maximum absolute atomic E-state index is 11.4. The Bertz CT molecular complexity index is 306. The quantitative estimate of drug-likeness (QED) is 0.569. The lowest BCUT2D eigenvalue weighted by Gasteiger charge is -2.21. The van der Waals surface area contributed by atoms with E-state index in [2.05, 4.69) is 11.9 Å². The molecule has 5 nitrogen and oxygen atoms in total. The number of carbonyl (C=O) groups excluding carboxylic acids is 2. The third-order valence-corrected chi connectivity index (χ3v) is 2.08. The smallest absolute Gasteiger partial charge is 0.408 e. The molecule has 0 spiro atoms. The zero-order valence-electron chi connectivity index (χ0n) is 9.78. The molecule has 2 atom stereocenters. The molecule has 1 heterocycles. The van der Waals surface area contributed by atoms with Crippen LogP contribution < -0.4 is 5.32 Å². The zero-order valence-corrected chi connectivity index (χ0v) is 9.78. The summed E-state index contributed by atoms with van der Waals surface area (Å²) >= 11 is 0. The van der Waals surface area contributed by atoms with E-state index in [-0.39, 0.29) is 12.5 Å². The molecular formula is C11H17NO4. The SMILES string of the molecule is C=C[C@H]1COC(=O)[C@H]1NC(=O)OC(C)(C)C. The van der Waals surface area contributed by atoms with Crippen LogP contribution in [-0.2, 0) is 14.3 Å². The molecule has 0 aromatic carbocycles. The molecule has 0 saturated carbocycles. The van der Waals surface area contributed by atoms with Gasteiger partial charge in [-0.15, -0.1) is 6.58 Å². The molecule has 90 valence electrons. The standard InChI is InChI=1S/C11H17NO4/c1-5-7-6-15-9(13)8(7)12-10(14)16-11(2,3)4/h5,7-8H,1,6H2,2-4H3,(H,12,14)/t7-,8-/m0/s1. The summed E-state index contributed by atoms with van der Waals surface area (Å²) in [6.45, 7) is 9.10. The highest BCUT2D eigenvalue weighted by Gasteiger charge is 2.37. The fraction of sp³-hybridized carbons (Fsp3) is 0.636. The molecule has 1 aliphatic rings. The monoisotopic (exact) mass is 227 g/mol. The van der Waals surface area contributed by atoms with Crippen molar-refractivity contribution < 1.29 is 19.1 Å². The van der Waals surface area contributed by atoms with Gasteiger partial charge in [-0.05, 0) is 20.8 Å². The summed E-state index contributed by atoms with van der Waals surface area (Å²) in [6.07, 6.45) is 0.968. The minimum atomic E-state index is -0.688. The Morgan fingerprint density at radius 1 is 1.62 bits per heavy atom. The number of esters is 1. The summed E-state index contributed by atoms with van der Waals surface area (Å²) in [5.41, 5.74) is -0.587. The first-order valence-corrected chi connectivity index (χ1v) is 5.12. The maximum atomic E-state index is 11.4. The third kappa shape index (κ3) is 3.25. The number of hydrogen-bond acceptors (Lipinski definition) is 4. The van der Waals surface area contributed by atoms with Crippen LogP contribution in [-0.4, -0.2) is 30.3 Å². The van der Waals surface area contributed by atoms with Gasteiger partial charge in [0.1, 0.15) is 18.2 Å². The summed E-state index contributed by atoms with van der Waals surface area (Å²) < 4.78 is 9.87. The zero-order chi connectivity index (χ0) is 12.3. The molecule has 0 aliphatic carbocycles. The molecule has 1 amide bonds. The van der Waals surface area contributed by atoms with Gasteiger partial charge in [0.25, 0.3) is 0 Å². The van der Waals surface area contributed by atoms with Crippen LogP contribution in [0.2, 0.25) is 0 Å². The van der Waals surface area contributed by atoms with Gasteiger partial charge >= 0.3 is 12.1 Å². The predicted octanol–water partition coefficient (Wildman–Crippen LogP) is 1.24. The average molecular weight is 227 g/mol. The lowest BCUT2D eigenvalue weighted by atomic mass is 10.0. The van der Waals surface area contributed by atoms with Crippen molar-refractivity contribution in [3.05, 3.63) is 12.7 Å². The van der Waals surface area contributed by atoms with Crippen molar-refractivity contribution in [3.63, 3.8) is 0 Å². The molecule has 0 bridgehead atoms. The molecule has 1 aliphatic heterocycles. The molecule has 0 unspecified atom stereocenters. The third-order valence-electron chi connectivity index (χ3n) is 2.08. The number of hydrogen-bond donors (Lipinski definition) is 1. The number of ether oxygens (including phenoxy) is 2. The molecule has 5 heteroatoms. The van der Waals surface area contributed by atoms with Gasteiger partial charge in [-0.2, -0.15) is 0 Å². The molecule has 16 heavy (non-hydrogen) atoms. The van der Waals surface area contributed by atoms with Crippen LogP contribution in [0.25, 0.3) is 0 Å². The number of cyclic esters (lactones) is 1. The Morgan fingerprint density at radius 3 is 2.75 bits per heavy atom. The fourth-order valence-electron chi connectivity index (χ4n) is 1.34. The van der Waals surface area contributed by atoms with Crippen LogP contribution in [0.15, 0.2) is 12.7 Å². The second kappa shape index (κ2) is 4.55. The van der Waals surface area contributed by atoms with Gasteiger partial charge in [-0.25, -0.2) is 9.59 Å². The largest absolute Gasteiger partial charge is 0.463 e. The van der Waals surface area contributed by atoms with E-state index in [9.17, 15) is 9.59 Å². The molecule has 0 radical (unpaired) electrons. The number of alkyl carbamates (subject to hydrolysis) is 1. The molecule has 0 aromatic rings. The van der Waals surface area contributed by atoms with Gasteiger partial charge in [-0.3, -0.25) is 0 Å². The summed E-state index contributed by atoms with van der Waals surface area (Å²) in [4.78, 5) is 22.8. The van der Waals surface area contributed by atoms with Crippen molar-refractivity contribution >= 4 is 12.1 Å². The second-order valence-corrected chi connectivity index (χ2v) is 4.65. The second-order valence-electron chi connectivity index (χ2n) is 4.65. The lowest BCUT2D eigenvalue weighted by molar-refractivity contribution is -0.139. The molecular weight excluding hydrogens is 210 g/mol. The van der Waals surface area contributed by atoms with Crippen molar-refractivity contribution in [1.29, 1.82) is 0 Å². The van der Waals surface area contributed by atoms with E-state index < -0.39 is 23.7 Å². The Hall–Kier alpha value is -1.52. The van der Waals surface area contributed by atoms with Crippen LogP contribution in [0.5, 0.6) is 0 Å². The number of rotatable bonds is 2. The fourth-order valence-corrected chi connectivity index (χ4v) is 1.34. The average Bonchev–Trinajstić information content (AvgIpc) is 2.44. The Morgan fingerprint density at radius 2 is 2.25 bits per heavy atom. The first-order valence-electron chi connectivity index (χ1n) is 5.12. The van der Waals surface area contributed by atoms with E-state index in [4.69, 9.17) is 9.47 Å². The normalized spacial score (nSPS) is 24.8. The lowest BCUT2D eigenvalue weighted by Crippen LogP contribution is -2.44. The van der Waals surface area contributed by atoms with Gasteiger partial charge in [-0.1, -0.05) is 6.08 Å². The van der Waals surface area contributed by atoms with Crippen molar-refractivity contribution in [2.75, 3.05) is 6.61 Å². The van der Waals surface area contributed by atoms with Crippen LogP contribution in [0.3, 0.4) is 0 Å². The Labute approximate surface area is 94.8 Å². The topological polar surface area (TPSA) is 64.6 Å². The van der Waals surface area contributed by atoms with Crippen LogP contribution >= 0.6 is 0 Å². The molecule has 1 N–H and O–H groups in total. The van der Waals surface area contributed by atoms with E-state index in [1.54, 1.807) is 26.8 Å². The minimum Gasteiger partial charge on any atom is -0.463 e. The molecule has 1 fully saturated rings. The van der Waals surface area contributed by atoms with Gasteiger partial charge in [0.15, 0.2) is 0 Å². The first kappa shape index (κ1) is 12.5. The van der Waals surface area contributed by atoms with Crippen molar-refractivity contribution in [2.45, 2.75) is 32.4 Å². The van der Waals surface area contributed by atoms with Crippen molar-refractivity contribution in [1.82, 2.24) is 5.32 Å². The van der Waals surface area contributed by atoms with Gasteiger partial charge in [0, 0.05) is 5.92 Å². The van der Waals surface area contributed by atoms with Gasteiger partial charge in [0.05, 0.1) is 0 Å². The van der Waals surface area contributed by atoms with Crippen LogP contribution in [0.4, 0.5) is 4.79 Å². The van der Waals surface area contributed by atoms with Crippen molar-refractivity contribution in [2.24, 2.45) is 5.92 Å². The molecule has 1 saturated heterocycles. The summed E-state index contributed by atoms with van der Waals surface area (Å²) in [6, 6.07) is -0.688. The van der Waals surface area contributed by atoms with E-state index in [0.29, 0.717) is 0 Å². The van der Waals surface area contributed by atoms with E-state index in [1.165, 1.54) is 0 Å². The van der Waals surface area contributed by atoms with Crippen molar-refractivity contribution in [3.8, 4) is 0 Å².